The van der Waals surface area contributed by atoms with Crippen molar-refractivity contribution in [2.45, 2.75) is 31.3 Å². The fraction of sp³-hybridized carbons (Fsp3) is 0.667. The van der Waals surface area contributed by atoms with Crippen molar-refractivity contribution in [2.75, 3.05) is 7.05 Å². The van der Waals surface area contributed by atoms with Crippen LogP contribution in [0.3, 0.4) is 0 Å². The molecule has 1 aliphatic rings. The molecule has 2 atom stereocenters. The summed E-state index contributed by atoms with van der Waals surface area (Å²) in [5.74, 6) is 0. The standard InChI is InChI=1S/C9H14ClN3/c1-11-7-3-2-4-8(7)13-9(10)5-6-12-13/h5-8,11H,2-4H2,1H3. The Morgan fingerprint density at radius 3 is 3.08 bits per heavy atom. The van der Waals surface area contributed by atoms with Crippen LogP contribution in [0.1, 0.15) is 25.3 Å². The molecule has 1 aromatic heterocycles. The summed E-state index contributed by atoms with van der Waals surface area (Å²) in [4.78, 5) is 0. The largest absolute Gasteiger partial charge is 0.315 e. The topological polar surface area (TPSA) is 29.9 Å². The quantitative estimate of drug-likeness (QED) is 0.788. The predicted molar refractivity (Wildman–Crippen MR) is 53.0 cm³/mol. The van der Waals surface area contributed by atoms with Crippen molar-refractivity contribution in [1.82, 2.24) is 15.1 Å². The van der Waals surface area contributed by atoms with Crippen LogP contribution in [0.5, 0.6) is 0 Å². The lowest BCUT2D eigenvalue weighted by atomic mass is 10.2. The highest BCUT2D eigenvalue weighted by Crippen LogP contribution is 2.31. The van der Waals surface area contributed by atoms with Gasteiger partial charge in [0.15, 0.2) is 0 Å². The van der Waals surface area contributed by atoms with Crippen LogP contribution in [-0.2, 0) is 0 Å². The van der Waals surface area contributed by atoms with Gasteiger partial charge in [-0.25, -0.2) is 4.68 Å². The van der Waals surface area contributed by atoms with Crippen molar-refractivity contribution >= 4 is 11.6 Å². The van der Waals surface area contributed by atoms with Crippen molar-refractivity contribution in [3.8, 4) is 0 Å². The Kier molecular flexibility index (Phi) is 2.56. The van der Waals surface area contributed by atoms with Crippen molar-refractivity contribution in [1.29, 1.82) is 0 Å². The molecule has 1 aliphatic carbocycles. The highest BCUT2D eigenvalue weighted by molar-refractivity contribution is 6.29. The number of aromatic nitrogens is 2. The molecule has 4 heteroatoms. The van der Waals surface area contributed by atoms with E-state index in [-0.39, 0.29) is 0 Å². The van der Waals surface area contributed by atoms with Crippen molar-refractivity contribution in [3.05, 3.63) is 17.4 Å². The van der Waals surface area contributed by atoms with E-state index in [1.165, 1.54) is 19.3 Å². The van der Waals surface area contributed by atoms with E-state index in [0.717, 1.165) is 5.15 Å². The van der Waals surface area contributed by atoms with Crippen molar-refractivity contribution in [3.63, 3.8) is 0 Å². The van der Waals surface area contributed by atoms with Gasteiger partial charge in [-0.3, -0.25) is 0 Å². The highest BCUT2D eigenvalue weighted by atomic mass is 35.5. The normalized spacial score (nSPS) is 28.2. The Labute approximate surface area is 83.1 Å². The van der Waals surface area contributed by atoms with E-state index < -0.39 is 0 Å². The molecule has 1 N–H and O–H groups in total. The van der Waals surface area contributed by atoms with Gasteiger partial charge in [-0.2, -0.15) is 5.10 Å². The molecule has 72 valence electrons. The minimum Gasteiger partial charge on any atom is -0.315 e. The zero-order valence-corrected chi connectivity index (χ0v) is 8.46. The molecule has 0 saturated heterocycles. The molecule has 2 unspecified atom stereocenters. The maximum Gasteiger partial charge on any atom is 0.127 e. The molecule has 0 aliphatic heterocycles. The molecule has 1 fully saturated rings. The van der Waals surface area contributed by atoms with Gasteiger partial charge >= 0.3 is 0 Å². The minimum atomic E-state index is 0.437. The highest BCUT2D eigenvalue weighted by Gasteiger charge is 2.28. The van der Waals surface area contributed by atoms with Gasteiger partial charge in [-0.15, -0.1) is 0 Å². The Morgan fingerprint density at radius 1 is 1.62 bits per heavy atom. The number of rotatable bonds is 2. The monoisotopic (exact) mass is 199 g/mol. The third kappa shape index (κ3) is 1.58. The van der Waals surface area contributed by atoms with E-state index in [0.29, 0.717) is 12.1 Å². The summed E-state index contributed by atoms with van der Waals surface area (Å²) in [6.45, 7) is 0. The summed E-state index contributed by atoms with van der Waals surface area (Å²) in [6.07, 6.45) is 5.41. The lowest BCUT2D eigenvalue weighted by molar-refractivity contribution is 0.384. The maximum atomic E-state index is 6.01. The molecule has 3 nitrogen and oxygen atoms in total. The van der Waals surface area contributed by atoms with Crippen LogP contribution < -0.4 is 5.32 Å². The van der Waals surface area contributed by atoms with Crippen LogP contribution in [0.4, 0.5) is 0 Å². The van der Waals surface area contributed by atoms with Crippen LogP contribution >= 0.6 is 11.6 Å². The predicted octanol–water partition coefficient (Wildman–Crippen LogP) is 1.85. The summed E-state index contributed by atoms with van der Waals surface area (Å²) in [5.41, 5.74) is 0. The molecular formula is C9H14ClN3. The van der Waals surface area contributed by atoms with Crippen molar-refractivity contribution < 1.29 is 0 Å². The van der Waals surface area contributed by atoms with E-state index >= 15 is 0 Å². The zero-order valence-electron chi connectivity index (χ0n) is 7.70. The molecule has 0 aromatic carbocycles. The number of nitrogens with one attached hydrogen (secondary N) is 1. The van der Waals surface area contributed by atoms with E-state index in [1.54, 1.807) is 6.20 Å². The Morgan fingerprint density at radius 2 is 2.46 bits per heavy atom. The van der Waals surface area contributed by atoms with Crippen molar-refractivity contribution in [2.24, 2.45) is 0 Å². The van der Waals surface area contributed by atoms with Gasteiger partial charge < -0.3 is 5.32 Å². The van der Waals surface area contributed by atoms with Gasteiger partial charge in [0.25, 0.3) is 0 Å². The summed E-state index contributed by atoms with van der Waals surface area (Å²) < 4.78 is 1.93. The molecule has 0 bridgehead atoms. The van der Waals surface area contributed by atoms with E-state index in [2.05, 4.69) is 10.4 Å². The first-order valence-corrected chi connectivity index (χ1v) is 5.07. The second-order valence-corrected chi connectivity index (χ2v) is 3.88. The Balaban J connectivity index is 2.20. The summed E-state index contributed by atoms with van der Waals surface area (Å²) in [7, 11) is 2.00. The number of hydrogen-bond acceptors (Lipinski definition) is 2. The fourth-order valence-electron chi connectivity index (χ4n) is 2.11. The smallest absolute Gasteiger partial charge is 0.127 e. The molecule has 1 saturated carbocycles. The fourth-order valence-corrected chi connectivity index (χ4v) is 2.34. The van der Waals surface area contributed by atoms with E-state index in [1.807, 2.05) is 17.8 Å². The van der Waals surface area contributed by atoms with Gasteiger partial charge in [-0.05, 0) is 32.4 Å². The first-order chi connectivity index (χ1) is 6.33. The second kappa shape index (κ2) is 3.68. The number of halogens is 1. The summed E-state index contributed by atoms with van der Waals surface area (Å²) in [6, 6.07) is 2.80. The van der Waals surface area contributed by atoms with Gasteiger partial charge in [0, 0.05) is 6.04 Å². The van der Waals surface area contributed by atoms with Crippen LogP contribution in [0.2, 0.25) is 5.15 Å². The van der Waals surface area contributed by atoms with E-state index in [4.69, 9.17) is 11.6 Å². The molecule has 1 heterocycles. The molecule has 0 amide bonds. The maximum absolute atomic E-state index is 6.01. The van der Waals surface area contributed by atoms with Gasteiger partial charge in [-0.1, -0.05) is 11.6 Å². The molecular weight excluding hydrogens is 186 g/mol. The SMILES string of the molecule is CNC1CCCC1n1nccc1Cl. The molecule has 0 radical (unpaired) electrons. The average molecular weight is 200 g/mol. The average Bonchev–Trinajstić information content (AvgIpc) is 2.71. The molecule has 2 rings (SSSR count). The second-order valence-electron chi connectivity index (χ2n) is 3.49. The van der Waals surface area contributed by atoms with Gasteiger partial charge in [0.2, 0.25) is 0 Å². The molecule has 0 spiro atoms. The zero-order chi connectivity index (χ0) is 9.26. The Bertz CT molecular complexity index is 284. The number of likely N-dealkylation sites (N-methyl/N-ethyl adjacent to an activating group) is 1. The van der Waals surface area contributed by atoms with Crippen LogP contribution in [0.15, 0.2) is 12.3 Å². The van der Waals surface area contributed by atoms with E-state index in [9.17, 15) is 0 Å². The van der Waals surface area contributed by atoms with Gasteiger partial charge in [0.1, 0.15) is 5.15 Å². The lowest BCUT2D eigenvalue weighted by Crippen LogP contribution is -2.31. The number of hydrogen-bond donors (Lipinski definition) is 1. The third-order valence-electron chi connectivity index (χ3n) is 2.79. The summed E-state index contributed by atoms with van der Waals surface area (Å²) in [5, 5.41) is 8.29. The lowest BCUT2D eigenvalue weighted by Gasteiger charge is -2.19. The minimum absolute atomic E-state index is 0.437. The first kappa shape index (κ1) is 9.03. The number of nitrogens with zero attached hydrogens (tertiary/aromatic N) is 2. The Hall–Kier alpha value is -0.540. The summed E-state index contributed by atoms with van der Waals surface area (Å²) >= 11 is 6.01. The third-order valence-corrected chi connectivity index (χ3v) is 3.09. The van der Waals surface area contributed by atoms with Crippen LogP contribution in [0, 0.1) is 0 Å². The molecule has 1 aromatic rings. The first-order valence-electron chi connectivity index (χ1n) is 4.69. The van der Waals surface area contributed by atoms with Crippen LogP contribution in [-0.4, -0.2) is 22.9 Å². The van der Waals surface area contributed by atoms with Gasteiger partial charge in [0.05, 0.1) is 12.2 Å². The van der Waals surface area contributed by atoms with Crippen LogP contribution in [0.25, 0.3) is 0 Å². The molecule has 13 heavy (non-hydrogen) atoms.